The second-order valence-corrected chi connectivity index (χ2v) is 5.54. The van der Waals surface area contributed by atoms with E-state index < -0.39 is 0 Å². The highest BCUT2D eigenvalue weighted by Gasteiger charge is 2.13. The van der Waals surface area contributed by atoms with Crippen LogP contribution in [0.25, 0.3) is 11.0 Å². The Morgan fingerprint density at radius 2 is 2.00 bits per heavy atom. The predicted molar refractivity (Wildman–Crippen MR) is 95.3 cm³/mol. The van der Waals surface area contributed by atoms with E-state index in [1.807, 2.05) is 10.7 Å². The molecule has 1 heterocycles. The third-order valence-corrected chi connectivity index (χ3v) is 3.87. The average molecular weight is 340 g/mol. The zero-order valence-corrected chi connectivity index (χ0v) is 14.4. The number of carbonyl (C=O) groups excluding carboxylic acids is 1. The van der Waals surface area contributed by atoms with E-state index in [-0.39, 0.29) is 5.91 Å². The first-order valence-electron chi connectivity index (χ1n) is 8.03. The zero-order valence-electron chi connectivity index (χ0n) is 14.4. The summed E-state index contributed by atoms with van der Waals surface area (Å²) < 4.78 is 12.3. The van der Waals surface area contributed by atoms with Gasteiger partial charge in [-0.15, -0.1) is 5.10 Å². The van der Waals surface area contributed by atoms with Crippen molar-refractivity contribution in [3.05, 3.63) is 42.0 Å². The van der Waals surface area contributed by atoms with Gasteiger partial charge < -0.3 is 14.8 Å². The molecular formula is C18H20N4O3. The van der Waals surface area contributed by atoms with Crippen LogP contribution in [0.15, 0.2) is 36.4 Å². The number of amides is 1. The maximum Gasteiger partial charge on any atom is 0.255 e. The van der Waals surface area contributed by atoms with E-state index in [1.54, 1.807) is 44.6 Å². The smallest absolute Gasteiger partial charge is 0.255 e. The quantitative estimate of drug-likeness (QED) is 0.746. The molecule has 1 N–H and O–H groups in total. The number of ether oxygens (including phenoxy) is 2. The molecule has 0 saturated carbocycles. The average Bonchev–Trinajstić information content (AvgIpc) is 3.04. The Morgan fingerprint density at radius 3 is 2.72 bits per heavy atom. The SMILES string of the molecule is CCCn1nnc2cc(C(=O)Nc3cc(OC)ccc3OC)ccc21. The van der Waals surface area contributed by atoms with Gasteiger partial charge in [0.05, 0.1) is 25.4 Å². The summed E-state index contributed by atoms with van der Waals surface area (Å²) in [4.78, 5) is 12.6. The Bertz CT molecular complexity index is 904. The van der Waals surface area contributed by atoms with E-state index in [2.05, 4.69) is 22.6 Å². The van der Waals surface area contributed by atoms with Gasteiger partial charge in [-0.25, -0.2) is 4.68 Å². The van der Waals surface area contributed by atoms with Crippen molar-refractivity contribution in [2.75, 3.05) is 19.5 Å². The molecule has 1 amide bonds. The second kappa shape index (κ2) is 7.21. The van der Waals surface area contributed by atoms with Crippen LogP contribution < -0.4 is 14.8 Å². The van der Waals surface area contributed by atoms with E-state index in [1.165, 1.54) is 0 Å². The third kappa shape index (κ3) is 3.40. The van der Waals surface area contributed by atoms with E-state index in [9.17, 15) is 4.79 Å². The Hall–Kier alpha value is -3.09. The third-order valence-electron chi connectivity index (χ3n) is 3.87. The van der Waals surface area contributed by atoms with Gasteiger partial charge in [0, 0.05) is 18.2 Å². The molecule has 0 bridgehead atoms. The van der Waals surface area contributed by atoms with Crippen LogP contribution >= 0.6 is 0 Å². The molecule has 0 radical (unpaired) electrons. The van der Waals surface area contributed by atoms with Gasteiger partial charge in [-0.3, -0.25) is 4.79 Å². The summed E-state index contributed by atoms with van der Waals surface area (Å²) in [7, 11) is 3.12. The van der Waals surface area contributed by atoms with Crippen molar-refractivity contribution in [2.24, 2.45) is 0 Å². The van der Waals surface area contributed by atoms with E-state index in [4.69, 9.17) is 9.47 Å². The molecule has 25 heavy (non-hydrogen) atoms. The standard InChI is InChI=1S/C18H20N4O3/c1-4-9-22-16-7-5-12(10-14(16)20-21-22)18(23)19-15-11-13(24-2)6-8-17(15)25-3/h5-8,10-11H,4,9H2,1-3H3,(H,19,23). The summed E-state index contributed by atoms with van der Waals surface area (Å²) in [5.74, 6) is 0.941. The second-order valence-electron chi connectivity index (χ2n) is 5.54. The number of hydrogen-bond acceptors (Lipinski definition) is 5. The predicted octanol–water partition coefficient (Wildman–Crippen LogP) is 3.11. The molecule has 3 rings (SSSR count). The fraction of sp³-hybridized carbons (Fsp3) is 0.278. The molecule has 0 aliphatic heterocycles. The number of aryl methyl sites for hydroxylation is 1. The monoisotopic (exact) mass is 340 g/mol. The molecule has 2 aromatic carbocycles. The number of benzene rings is 2. The van der Waals surface area contributed by atoms with Crippen LogP contribution in [0.4, 0.5) is 5.69 Å². The van der Waals surface area contributed by atoms with Gasteiger partial charge >= 0.3 is 0 Å². The molecular weight excluding hydrogens is 320 g/mol. The Kier molecular flexibility index (Phi) is 4.83. The molecule has 0 atom stereocenters. The highest BCUT2D eigenvalue weighted by molar-refractivity contribution is 6.06. The number of rotatable bonds is 6. The van der Waals surface area contributed by atoms with Gasteiger partial charge in [0.15, 0.2) is 0 Å². The van der Waals surface area contributed by atoms with Crippen molar-refractivity contribution in [3.8, 4) is 11.5 Å². The molecule has 0 fully saturated rings. The Labute approximate surface area is 145 Å². The molecule has 0 aliphatic carbocycles. The molecule has 0 unspecified atom stereocenters. The largest absolute Gasteiger partial charge is 0.497 e. The number of hydrogen-bond donors (Lipinski definition) is 1. The number of carbonyl (C=O) groups is 1. The number of aromatic nitrogens is 3. The summed E-state index contributed by atoms with van der Waals surface area (Å²) in [6.45, 7) is 2.87. The van der Waals surface area contributed by atoms with Crippen molar-refractivity contribution in [1.82, 2.24) is 15.0 Å². The van der Waals surface area contributed by atoms with Gasteiger partial charge in [0.2, 0.25) is 0 Å². The van der Waals surface area contributed by atoms with Crippen LogP contribution in [0.5, 0.6) is 11.5 Å². The van der Waals surface area contributed by atoms with Gasteiger partial charge in [-0.2, -0.15) is 0 Å². The van der Waals surface area contributed by atoms with Gasteiger partial charge in [-0.1, -0.05) is 12.1 Å². The first-order valence-corrected chi connectivity index (χ1v) is 8.03. The molecule has 7 heteroatoms. The fourth-order valence-electron chi connectivity index (χ4n) is 2.60. The normalized spacial score (nSPS) is 10.7. The Morgan fingerprint density at radius 1 is 1.16 bits per heavy atom. The molecule has 3 aromatic rings. The van der Waals surface area contributed by atoms with E-state index in [0.717, 1.165) is 18.5 Å². The number of nitrogens with zero attached hydrogens (tertiary/aromatic N) is 3. The summed E-state index contributed by atoms with van der Waals surface area (Å²) in [5, 5.41) is 11.1. The zero-order chi connectivity index (χ0) is 17.8. The minimum absolute atomic E-state index is 0.251. The van der Waals surface area contributed by atoms with E-state index >= 15 is 0 Å². The molecule has 7 nitrogen and oxygen atoms in total. The number of nitrogens with one attached hydrogen (secondary N) is 1. The number of anilines is 1. The minimum atomic E-state index is -0.251. The van der Waals surface area contributed by atoms with Crippen molar-refractivity contribution >= 4 is 22.6 Å². The topological polar surface area (TPSA) is 78.3 Å². The van der Waals surface area contributed by atoms with Gasteiger partial charge in [0.1, 0.15) is 17.0 Å². The lowest BCUT2D eigenvalue weighted by Gasteiger charge is -2.11. The summed E-state index contributed by atoms with van der Waals surface area (Å²) >= 11 is 0. The van der Waals surface area contributed by atoms with Crippen molar-refractivity contribution < 1.29 is 14.3 Å². The van der Waals surface area contributed by atoms with Gasteiger partial charge in [0.25, 0.3) is 5.91 Å². The first-order chi connectivity index (χ1) is 12.2. The fourth-order valence-corrected chi connectivity index (χ4v) is 2.60. The number of methoxy groups -OCH3 is 2. The molecule has 1 aromatic heterocycles. The van der Waals surface area contributed by atoms with Gasteiger partial charge in [-0.05, 0) is 36.8 Å². The maximum absolute atomic E-state index is 12.6. The minimum Gasteiger partial charge on any atom is -0.497 e. The number of fused-ring (bicyclic) bond motifs is 1. The van der Waals surface area contributed by atoms with Crippen LogP contribution in [-0.2, 0) is 6.54 Å². The van der Waals surface area contributed by atoms with E-state index in [0.29, 0.717) is 28.3 Å². The lowest BCUT2D eigenvalue weighted by Crippen LogP contribution is -2.12. The molecule has 130 valence electrons. The maximum atomic E-state index is 12.6. The lowest BCUT2D eigenvalue weighted by atomic mass is 10.1. The van der Waals surface area contributed by atoms with Crippen molar-refractivity contribution in [2.45, 2.75) is 19.9 Å². The van der Waals surface area contributed by atoms with Crippen LogP contribution in [0, 0.1) is 0 Å². The van der Waals surface area contributed by atoms with Crippen LogP contribution in [0.3, 0.4) is 0 Å². The van der Waals surface area contributed by atoms with Crippen LogP contribution in [-0.4, -0.2) is 35.1 Å². The van der Waals surface area contributed by atoms with Crippen molar-refractivity contribution in [1.29, 1.82) is 0 Å². The summed E-state index contributed by atoms with van der Waals surface area (Å²) in [6.07, 6.45) is 0.969. The Balaban J connectivity index is 1.87. The van der Waals surface area contributed by atoms with Crippen molar-refractivity contribution in [3.63, 3.8) is 0 Å². The molecule has 0 spiro atoms. The van der Waals surface area contributed by atoms with Crippen LogP contribution in [0.1, 0.15) is 23.7 Å². The first kappa shape index (κ1) is 16.8. The highest BCUT2D eigenvalue weighted by atomic mass is 16.5. The highest BCUT2D eigenvalue weighted by Crippen LogP contribution is 2.29. The lowest BCUT2D eigenvalue weighted by molar-refractivity contribution is 0.102. The van der Waals surface area contributed by atoms with Crippen LogP contribution in [0.2, 0.25) is 0 Å². The molecule has 0 saturated heterocycles. The molecule has 0 aliphatic rings. The summed E-state index contributed by atoms with van der Waals surface area (Å²) in [5.41, 5.74) is 2.65. The summed E-state index contributed by atoms with van der Waals surface area (Å²) in [6, 6.07) is 10.6.